The van der Waals surface area contributed by atoms with Crippen LogP contribution in [0.1, 0.15) is 12.5 Å². The highest BCUT2D eigenvalue weighted by atomic mass is 19.1. The van der Waals surface area contributed by atoms with Crippen molar-refractivity contribution in [2.24, 2.45) is 7.05 Å². The Morgan fingerprint density at radius 3 is 2.36 bits per heavy atom. The smallest absolute Gasteiger partial charge is 0.333 e. The fourth-order valence-corrected chi connectivity index (χ4v) is 2.24. The van der Waals surface area contributed by atoms with Gasteiger partial charge < -0.3 is 10.4 Å². The number of aromatic nitrogens is 2. The summed E-state index contributed by atoms with van der Waals surface area (Å²) < 4.78 is 14.8. The number of rotatable bonds is 5. The molecule has 1 aromatic heterocycles. The van der Waals surface area contributed by atoms with Crippen LogP contribution in [0.15, 0.2) is 46.1 Å². The van der Waals surface area contributed by atoms with Crippen molar-refractivity contribution in [2.45, 2.75) is 19.0 Å². The summed E-state index contributed by atoms with van der Waals surface area (Å²) >= 11 is 0. The van der Waals surface area contributed by atoms with E-state index in [2.05, 4.69) is 5.32 Å². The number of carboxylic acids is 1. The molecule has 2 aromatic rings. The molecule has 1 heterocycles. The van der Waals surface area contributed by atoms with Crippen molar-refractivity contribution in [1.29, 1.82) is 0 Å². The Morgan fingerprint density at radius 1 is 1.20 bits per heavy atom. The van der Waals surface area contributed by atoms with Crippen LogP contribution in [0.4, 0.5) is 4.39 Å². The van der Waals surface area contributed by atoms with Crippen molar-refractivity contribution in [1.82, 2.24) is 14.5 Å². The van der Waals surface area contributed by atoms with Gasteiger partial charge in [-0.2, -0.15) is 0 Å². The van der Waals surface area contributed by atoms with Gasteiger partial charge in [0.25, 0.3) is 5.56 Å². The average Bonchev–Trinajstić information content (AvgIpc) is 2.55. The summed E-state index contributed by atoms with van der Waals surface area (Å²) in [5.41, 5.74) is -2.87. The van der Waals surface area contributed by atoms with E-state index in [1.165, 1.54) is 26.1 Å². The Bertz CT molecular complexity index is 932. The maximum atomic E-state index is 13.0. The fourth-order valence-electron chi connectivity index (χ4n) is 2.24. The fraction of sp³-hybridized carbons (Fsp3) is 0.250. The minimum Gasteiger partial charge on any atom is -0.479 e. The van der Waals surface area contributed by atoms with Gasteiger partial charge in [0.15, 0.2) is 5.54 Å². The molecule has 0 aliphatic rings. The highest BCUT2D eigenvalue weighted by Gasteiger charge is 2.37. The lowest BCUT2D eigenvalue weighted by Crippen LogP contribution is -2.51. The molecule has 0 spiro atoms. The molecule has 0 saturated carbocycles. The average molecular weight is 349 g/mol. The third kappa shape index (κ3) is 3.65. The molecule has 2 rings (SSSR count). The van der Waals surface area contributed by atoms with E-state index in [9.17, 15) is 28.7 Å². The van der Waals surface area contributed by atoms with Gasteiger partial charge in [-0.05, 0) is 24.6 Å². The number of halogens is 1. The quantitative estimate of drug-likeness (QED) is 0.777. The largest absolute Gasteiger partial charge is 0.479 e. The zero-order chi connectivity index (χ0) is 18.8. The molecule has 0 saturated heterocycles. The van der Waals surface area contributed by atoms with E-state index in [1.54, 1.807) is 0 Å². The van der Waals surface area contributed by atoms with Gasteiger partial charge in [0.2, 0.25) is 5.91 Å². The molecule has 0 radical (unpaired) electrons. The van der Waals surface area contributed by atoms with E-state index in [4.69, 9.17) is 0 Å². The number of aliphatic carboxylic acids is 1. The molecular formula is C16H16FN3O5. The highest BCUT2D eigenvalue weighted by molar-refractivity contribution is 5.87. The van der Waals surface area contributed by atoms with E-state index in [0.29, 0.717) is 0 Å². The molecule has 1 unspecified atom stereocenters. The zero-order valence-electron chi connectivity index (χ0n) is 13.5. The Hall–Kier alpha value is -3.23. The van der Waals surface area contributed by atoms with Gasteiger partial charge >= 0.3 is 11.7 Å². The number of carboxylic acid groups (broad SMARTS) is 1. The zero-order valence-corrected chi connectivity index (χ0v) is 13.5. The maximum absolute atomic E-state index is 13.0. The lowest BCUT2D eigenvalue weighted by atomic mass is 9.92. The van der Waals surface area contributed by atoms with Gasteiger partial charge in [-0.25, -0.2) is 14.0 Å². The van der Waals surface area contributed by atoms with Crippen LogP contribution in [0.25, 0.3) is 0 Å². The normalized spacial score (nSPS) is 13.1. The van der Waals surface area contributed by atoms with Gasteiger partial charge in [0.05, 0.1) is 0 Å². The number of hydrogen-bond donors (Lipinski definition) is 2. The molecule has 1 aromatic carbocycles. The van der Waals surface area contributed by atoms with E-state index < -0.39 is 41.0 Å². The second-order valence-corrected chi connectivity index (χ2v) is 5.61. The predicted octanol–water partition coefficient (Wildman–Crippen LogP) is -0.198. The molecule has 2 N–H and O–H groups in total. The van der Waals surface area contributed by atoms with Gasteiger partial charge in [0.1, 0.15) is 12.4 Å². The minimum absolute atomic E-state index is 0.169. The summed E-state index contributed by atoms with van der Waals surface area (Å²) in [6.07, 6.45) is 1.15. The molecule has 25 heavy (non-hydrogen) atoms. The molecule has 0 bridgehead atoms. The number of carbonyl (C=O) groups is 2. The monoisotopic (exact) mass is 349 g/mol. The van der Waals surface area contributed by atoms with Crippen molar-refractivity contribution < 1.29 is 19.1 Å². The highest BCUT2D eigenvalue weighted by Crippen LogP contribution is 2.21. The van der Waals surface area contributed by atoms with E-state index in [1.807, 2.05) is 0 Å². The molecule has 132 valence electrons. The molecule has 0 fully saturated rings. The third-order valence-corrected chi connectivity index (χ3v) is 3.81. The molecular weight excluding hydrogens is 333 g/mol. The summed E-state index contributed by atoms with van der Waals surface area (Å²) in [6.45, 7) is 0.779. The van der Waals surface area contributed by atoms with E-state index in [0.717, 1.165) is 33.5 Å². The minimum atomic E-state index is -1.81. The molecule has 1 atom stereocenters. The van der Waals surface area contributed by atoms with E-state index >= 15 is 0 Å². The van der Waals surface area contributed by atoms with Gasteiger partial charge in [-0.3, -0.25) is 18.7 Å². The summed E-state index contributed by atoms with van der Waals surface area (Å²) in [4.78, 5) is 47.1. The van der Waals surface area contributed by atoms with Crippen molar-refractivity contribution in [2.75, 3.05) is 0 Å². The summed E-state index contributed by atoms with van der Waals surface area (Å²) in [5.74, 6) is -2.64. The Labute approximate surface area is 141 Å². The van der Waals surface area contributed by atoms with Gasteiger partial charge in [-0.15, -0.1) is 0 Å². The number of carbonyl (C=O) groups excluding carboxylic acids is 1. The number of amides is 1. The predicted molar refractivity (Wildman–Crippen MR) is 85.5 cm³/mol. The van der Waals surface area contributed by atoms with Crippen LogP contribution >= 0.6 is 0 Å². The van der Waals surface area contributed by atoms with Crippen molar-refractivity contribution >= 4 is 11.9 Å². The van der Waals surface area contributed by atoms with Crippen molar-refractivity contribution in [3.05, 3.63) is 68.7 Å². The molecule has 8 nitrogen and oxygen atoms in total. The van der Waals surface area contributed by atoms with Crippen LogP contribution in [-0.4, -0.2) is 26.1 Å². The standard InChI is InChI=1S/C16H16FN3O5/c1-16(14(23)24,10-3-5-11(17)6-4-10)18-12(21)9-20-8-7-13(22)19(2)15(20)25/h3-8H,9H2,1-2H3,(H,18,21)(H,23,24). The van der Waals surface area contributed by atoms with Crippen LogP contribution in [-0.2, 0) is 28.7 Å². The number of nitrogens with zero attached hydrogens (tertiary/aromatic N) is 2. The topological polar surface area (TPSA) is 110 Å². The first-order valence-electron chi connectivity index (χ1n) is 7.22. The van der Waals surface area contributed by atoms with Crippen LogP contribution in [0.5, 0.6) is 0 Å². The second kappa shape index (κ2) is 6.71. The van der Waals surface area contributed by atoms with Crippen molar-refractivity contribution in [3.63, 3.8) is 0 Å². The second-order valence-electron chi connectivity index (χ2n) is 5.61. The molecule has 1 amide bonds. The number of nitrogens with one attached hydrogen (secondary N) is 1. The number of benzene rings is 1. The first-order chi connectivity index (χ1) is 11.6. The van der Waals surface area contributed by atoms with Crippen LogP contribution < -0.4 is 16.6 Å². The molecule has 0 aliphatic carbocycles. The Kier molecular flexibility index (Phi) is 4.87. The van der Waals surface area contributed by atoms with Crippen LogP contribution in [0.3, 0.4) is 0 Å². The third-order valence-electron chi connectivity index (χ3n) is 3.81. The van der Waals surface area contributed by atoms with Gasteiger partial charge in [0, 0.05) is 19.3 Å². The molecule has 9 heteroatoms. The lowest BCUT2D eigenvalue weighted by molar-refractivity contribution is -0.147. The Balaban J connectivity index is 2.28. The lowest BCUT2D eigenvalue weighted by Gasteiger charge is -2.27. The Morgan fingerprint density at radius 2 is 1.80 bits per heavy atom. The van der Waals surface area contributed by atoms with Crippen molar-refractivity contribution in [3.8, 4) is 0 Å². The molecule has 0 aliphatic heterocycles. The first kappa shape index (κ1) is 18.1. The van der Waals surface area contributed by atoms with Crippen LogP contribution in [0, 0.1) is 5.82 Å². The SMILES string of the molecule is Cn1c(=O)ccn(CC(=O)NC(C)(C(=O)O)c2ccc(F)cc2)c1=O. The first-order valence-corrected chi connectivity index (χ1v) is 7.22. The summed E-state index contributed by atoms with van der Waals surface area (Å²) in [6, 6.07) is 5.79. The summed E-state index contributed by atoms with van der Waals surface area (Å²) in [5, 5.41) is 11.8. The maximum Gasteiger partial charge on any atom is 0.333 e. The summed E-state index contributed by atoms with van der Waals surface area (Å²) in [7, 11) is 1.26. The van der Waals surface area contributed by atoms with Crippen LogP contribution in [0.2, 0.25) is 0 Å². The van der Waals surface area contributed by atoms with E-state index in [-0.39, 0.29) is 5.56 Å². The van der Waals surface area contributed by atoms with Gasteiger partial charge in [-0.1, -0.05) is 12.1 Å². The number of hydrogen-bond acceptors (Lipinski definition) is 4.